The van der Waals surface area contributed by atoms with E-state index in [2.05, 4.69) is 46.3 Å². The fourth-order valence-corrected chi connectivity index (χ4v) is 5.73. The predicted molar refractivity (Wildman–Crippen MR) is 133 cm³/mol. The lowest BCUT2D eigenvalue weighted by Crippen LogP contribution is -2.46. The lowest BCUT2D eigenvalue weighted by molar-refractivity contribution is -0.167. The molecule has 0 radical (unpaired) electrons. The molecular weight excluding hydrogens is 440 g/mol. The van der Waals surface area contributed by atoms with Gasteiger partial charge in [0.05, 0.1) is 5.57 Å². The number of fused-ring (bicyclic) bond motifs is 1. The topological polar surface area (TPSA) is 89.6 Å². The zero-order valence-electron chi connectivity index (χ0n) is 20.9. The number of rotatable bonds is 7. The molecule has 1 aromatic carbocycles. The molecule has 0 saturated heterocycles. The second-order valence-corrected chi connectivity index (χ2v) is 10.2. The van der Waals surface area contributed by atoms with Crippen LogP contribution < -0.4 is 0 Å². The molecule has 2 aliphatic rings. The minimum absolute atomic E-state index is 0.120. The molecule has 0 amide bonds. The summed E-state index contributed by atoms with van der Waals surface area (Å²) in [7, 11) is 0. The van der Waals surface area contributed by atoms with Crippen LogP contribution >= 0.6 is 0 Å². The first-order valence-corrected chi connectivity index (χ1v) is 12.8. The first-order valence-electron chi connectivity index (χ1n) is 12.8. The maximum Gasteiger partial charge on any atom is 0.338 e. The number of esters is 1. The van der Waals surface area contributed by atoms with E-state index in [9.17, 15) is 9.90 Å². The van der Waals surface area contributed by atoms with Crippen LogP contribution in [0.4, 0.5) is 0 Å². The fourth-order valence-electron chi connectivity index (χ4n) is 5.73. The number of aryl methyl sites for hydroxylation is 4. The van der Waals surface area contributed by atoms with Crippen molar-refractivity contribution in [1.82, 2.24) is 19.6 Å². The van der Waals surface area contributed by atoms with Gasteiger partial charge in [-0.3, -0.25) is 0 Å². The Bertz CT molecular complexity index is 1270. The highest BCUT2D eigenvalue weighted by molar-refractivity contribution is 5.90. The molecule has 1 saturated carbocycles. The summed E-state index contributed by atoms with van der Waals surface area (Å²) in [6, 6.07) is 10.6. The second kappa shape index (κ2) is 9.44. The Morgan fingerprint density at radius 3 is 2.51 bits per heavy atom. The Hall–Kier alpha value is -3.22. The number of cyclic esters (lactones) is 1. The Kier molecular flexibility index (Phi) is 6.34. The Labute approximate surface area is 206 Å². The summed E-state index contributed by atoms with van der Waals surface area (Å²) in [4.78, 5) is 22.2. The average molecular weight is 475 g/mol. The number of carbonyl (C=O) groups excluding carboxylic acids is 1. The minimum Gasteiger partial charge on any atom is -0.512 e. The van der Waals surface area contributed by atoms with Gasteiger partial charge in [-0.1, -0.05) is 44.0 Å². The third kappa shape index (κ3) is 4.68. The molecule has 1 aliphatic carbocycles. The molecule has 1 atom stereocenters. The van der Waals surface area contributed by atoms with Gasteiger partial charge in [0, 0.05) is 24.2 Å². The predicted octanol–water partition coefficient (Wildman–Crippen LogP) is 5.17. The smallest absolute Gasteiger partial charge is 0.338 e. The summed E-state index contributed by atoms with van der Waals surface area (Å²) in [6.07, 6.45) is 7.37. The van der Waals surface area contributed by atoms with Gasteiger partial charge in [0.25, 0.3) is 5.78 Å². The number of aliphatic hydroxyl groups is 1. The summed E-state index contributed by atoms with van der Waals surface area (Å²) < 4.78 is 7.93. The molecule has 184 valence electrons. The molecule has 2 aromatic heterocycles. The normalized spacial score (nSPS) is 21.2. The van der Waals surface area contributed by atoms with Crippen molar-refractivity contribution in [3.63, 3.8) is 0 Å². The van der Waals surface area contributed by atoms with E-state index in [1.165, 1.54) is 11.1 Å². The first-order chi connectivity index (χ1) is 16.9. The molecule has 1 N–H and O–H groups in total. The van der Waals surface area contributed by atoms with Crippen LogP contribution in [0.2, 0.25) is 0 Å². The number of nitrogens with zero attached hydrogens (tertiary/aromatic N) is 4. The summed E-state index contributed by atoms with van der Waals surface area (Å²) in [5.41, 5.74) is 3.93. The van der Waals surface area contributed by atoms with Gasteiger partial charge in [-0.05, 0) is 69.1 Å². The van der Waals surface area contributed by atoms with Crippen LogP contribution in [-0.4, -0.2) is 36.3 Å². The molecule has 1 fully saturated rings. The fraction of sp³-hybridized carbons (Fsp3) is 0.500. The number of aliphatic hydroxyl groups excluding tert-OH is 1. The highest BCUT2D eigenvalue weighted by Gasteiger charge is 2.48. The second-order valence-electron chi connectivity index (χ2n) is 10.2. The van der Waals surface area contributed by atoms with Gasteiger partial charge >= 0.3 is 5.97 Å². The van der Waals surface area contributed by atoms with Crippen molar-refractivity contribution in [3.05, 3.63) is 70.0 Å². The van der Waals surface area contributed by atoms with E-state index in [-0.39, 0.29) is 23.7 Å². The largest absolute Gasteiger partial charge is 0.512 e. The lowest BCUT2D eigenvalue weighted by atomic mass is 9.76. The van der Waals surface area contributed by atoms with Crippen molar-refractivity contribution in [2.75, 3.05) is 0 Å². The maximum atomic E-state index is 13.3. The van der Waals surface area contributed by atoms with Gasteiger partial charge < -0.3 is 9.84 Å². The molecule has 3 heterocycles. The molecule has 0 bridgehead atoms. The lowest BCUT2D eigenvalue weighted by Gasteiger charge is -2.41. The number of hydrogen-bond donors (Lipinski definition) is 1. The van der Waals surface area contributed by atoms with Crippen LogP contribution in [0.3, 0.4) is 0 Å². The van der Waals surface area contributed by atoms with Crippen LogP contribution in [0.1, 0.15) is 73.8 Å². The summed E-state index contributed by atoms with van der Waals surface area (Å²) >= 11 is 0. The summed E-state index contributed by atoms with van der Waals surface area (Å²) in [5, 5.41) is 15.6. The molecule has 35 heavy (non-hydrogen) atoms. The van der Waals surface area contributed by atoms with Crippen molar-refractivity contribution in [3.8, 4) is 0 Å². The molecule has 5 rings (SSSR count). The molecule has 0 spiro atoms. The Morgan fingerprint density at radius 2 is 1.83 bits per heavy atom. The molecule has 7 heteroatoms. The number of aromatic nitrogens is 4. The summed E-state index contributed by atoms with van der Waals surface area (Å²) in [5.74, 6) is 0.898. The average Bonchev–Trinajstić information content (AvgIpc) is 3.51. The van der Waals surface area contributed by atoms with E-state index in [4.69, 9.17) is 4.74 Å². The SMILES string of the molecule is CCc1ccc(CCC2(C3CCCC3)CC(O)=C(Cc3nc4nc(C)cc(C)n4n3)C(=O)O2)cc1. The van der Waals surface area contributed by atoms with Crippen LogP contribution in [0.15, 0.2) is 41.7 Å². The summed E-state index contributed by atoms with van der Waals surface area (Å²) in [6.45, 7) is 6.01. The van der Waals surface area contributed by atoms with E-state index in [0.717, 1.165) is 49.9 Å². The third-order valence-electron chi connectivity index (χ3n) is 7.72. The van der Waals surface area contributed by atoms with Crippen LogP contribution in [-0.2, 0) is 28.8 Å². The van der Waals surface area contributed by atoms with E-state index < -0.39 is 11.6 Å². The highest BCUT2D eigenvalue weighted by atomic mass is 16.6. The van der Waals surface area contributed by atoms with E-state index in [1.807, 2.05) is 19.9 Å². The van der Waals surface area contributed by atoms with E-state index >= 15 is 0 Å². The van der Waals surface area contributed by atoms with Crippen LogP contribution in [0, 0.1) is 19.8 Å². The zero-order valence-corrected chi connectivity index (χ0v) is 20.9. The van der Waals surface area contributed by atoms with Gasteiger partial charge in [0.15, 0.2) is 5.82 Å². The van der Waals surface area contributed by atoms with Gasteiger partial charge in [-0.15, -0.1) is 5.10 Å². The maximum absolute atomic E-state index is 13.3. The number of carbonyl (C=O) groups is 1. The van der Waals surface area contributed by atoms with Gasteiger partial charge in [-0.2, -0.15) is 4.98 Å². The van der Waals surface area contributed by atoms with E-state index in [0.29, 0.717) is 24.4 Å². The number of ether oxygens (including phenoxy) is 1. The molecule has 1 unspecified atom stereocenters. The van der Waals surface area contributed by atoms with Crippen molar-refractivity contribution in [2.45, 2.75) is 84.2 Å². The van der Waals surface area contributed by atoms with Gasteiger partial charge in [0.1, 0.15) is 11.4 Å². The van der Waals surface area contributed by atoms with Crippen molar-refractivity contribution in [1.29, 1.82) is 0 Å². The first kappa shape index (κ1) is 23.5. The number of hydrogen-bond acceptors (Lipinski definition) is 6. The highest BCUT2D eigenvalue weighted by Crippen LogP contribution is 2.46. The molecular formula is C28H34N4O3. The van der Waals surface area contributed by atoms with Crippen molar-refractivity contribution < 1.29 is 14.6 Å². The van der Waals surface area contributed by atoms with Crippen molar-refractivity contribution in [2.24, 2.45) is 5.92 Å². The standard InChI is InChI=1S/C28H34N4O3/c1-4-20-9-11-21(12-10-20)13-14-28(22-7-5-6-8-22)17-24(33)23(26(34)35-28)16-25-30-27-29-18(2)15-19(3)32(27)31-25/h9-12,15,22,33H,4-8,13-14,16-17H2,1-3H3. The van der Waals surface area contributed by atoms with Crippen molar-refractivity contribution >= 4 is 11.7 Å². The quantitative estimate of drug-likeness (QED) is 0.476. The zero-order chi connectivity index (χ0) is 24.6. The molecule has 3 aromatic rings. The monoisotopic (exact) mass is 474 g/mol. The van der Waals surface area contributed by atoms with Crippen LogP contribution in [0.5, 0.6) is 0 Å². The molecule has 7 nitrogen and oxygen atoms in total. The number of benzene rings is 1. The molecule has 1 aliphatic heterocycles. The Balaban J connectivity index is 1.39. The van der Waals surface area contributed by atoms with E-state index in [1.54, 1.807) is 4.52 Å². The third-order valence-corrected chi connectivity index (χ3v) is 7.72. The van der Waals surface area contributed by atoms with Gasteiger partial charge in [-0.25, -0.2) is 14.3 Å². The Morgan fingerprint density at radius 1 is 1.11 bits per heavy atom. The van der Waals surface area contributed by atoms with Crippen LogP contribution in [0.25, 0.3) is 5.78 Å². The minimum atomic E-state index is -0.661. The van der Waals surface area contributed by atoms with Gasteiger partial charge in [0.2, 0.25) is 0 Å².